The van der Waals surface area contributed by atoms with Crippen molar-refractivity contribution in [1.82, 2.24) is 4.90 Å². The minimum Gasteiger partial charge on any atom is -0.461 e. The Hall–Kier alpha value is -4.02. The molecule has 1 aromatic rings. The summed E-state index contributed by atoms with van der Waals surface area (Å²) in [6, 6.07) is 8.08. The standard InChI is InChI=1S/C56H85N3O11/c1-35-18-12-10-13-19-36(2)46(58(7)43-20-14-11-15-21-43)34-44-26-23-40(6)56(66,70-44)53(63)54(64)59-29-17-16-22-45(59)55(65)69-48(37(3)31-41-24-27-47(60)49(33-41)67-8)28-25-42(57)32-39(5)51(62)52(68-9)50(61)38(4)30-35/h10-15,18-21,32,35,37-38,40-42,44-49,51-52,60,62,66H,16-17,22-31,33-34,57H2,1-9H3/b13-10+,18-12+,36-19+,39-32+/t35-,37-,38-,40?,41+,42+,44+,45+,46+,47-,48+,49-,51-,52+,56-/m1/s1. The summed E-state index contributed by atoms with van der Waals surface area (Å²) < 4.78 is 24.0. The van der Waals surface area contributed by atoms with Gasteiger partial charge in [-0.1, -0.05) is 87.9 Å². The van der Waals surface area contributed by atoms with Gasteiger partial charge < -0.3 is 49.8 Å². The highest BCUT2D eigenvalue weighted by atomic mass is 16.6. The number of amides is 1. The summed E-state index contributed by atoms with van der Waals surface area (Å²) in [5.74, 6) is -6.32. The number of aliphatic hydroxyl groups is 3. The quantitative estimate of drug-likeness (QED) is 0.122. The SMILES string of the molecule is CO[C@@H]1C[C@H](C[C@@H](C)[C@@H]2CC[C@H](N)/C=C(\C)[C@@H](O)[C@@H](OC)C(=O)[C@H](C)C[C@H](C)/C=C/C=C/C=C(\C)[C@@H](N(C)c3ccccc3)C[C@@H]3CCC(C)[C@@](O)(O3)C(=O)C(=O)N3CCCC[C@H]3C(=O)O2)CC[C@H]1O. The molecular weight excluding hydrogens is 891 g/mol. The molecule has 2 saturated heterocycles. The lowest BCUT2D eigenvalue weighted by atomic mass is 9.78. The van der Waals surface area contributed by atoms with E-state index in [1.165, 1.54) is 12.0 Å². The third-order valence-electron chi connectivity index (χ3n) is 15.7. The topological polar surface area (TPSA) is 198 Å². The number of ether oxygens (including phenoxy) is 4. The van der Waals surface area contributed by atoms with Gasteiger partial charge in [-0.2, -0.15) is 0 Å². The van der Waals surface area contributed by atoms with Crippen LogP contribution in [-0.4, -0.2) is 132 Å². The van der Waals surface area contributed by atoms with Gasteiger partial charge in [0.1, 0.15) is 24.4 Å². The molecule has 14 heteroatoms. The molecule has 15 atom stereocenters. The molecule has 1 aromatic carbocycles. The number of anilines is 1. The second kappa shape index (κ2) is 26.6. The smallest absolute Gasteiger partial charge is 0.329 e. The Balaban J connectivity index is 1.49. The van der Waals surface area contributed by atoms with Gasteiger partial charge in [0.2, 0.25) is 5.79 Å². The maximum atomic E-state index is 14.5. The number of allylic oxidation sites excluding steroid dienone is 5. The number of ketones is 2. The van der Waals surface area contributed by atoms with Crippen LogP contribution in [0.4, 0.5) is 5.69 Å². The van der Waals surface area contributed by atoms with Crippen molar-refractivity contribution in [1.29, 1.82) is 0 Å². The second-order valence-corrected chi connectivity index (χ2v) is 21.1. The first-order chi connectivity index (χ1) is 33.3. The van der Waals surface area contributed by atoms with Crippen molar-refractivity contribution < 1.29 is 53.4 Å². The summed E-state index contributed by atoms with van der Waals surface area (Å²) in [6.07, 6.45) is 14.1. The molecule has 1 amide bonds. The molecular formula is C56H85N3O11. The molecule has 3 aliphatic heterocycles. The van der Waals surface area contributed by atoms with Crippen molar-refractivity contribution in [2.75, 3.05) is 32.7 Å². The highest BCUT2D eigenvalue weighted by molar-refractivity contribution is 6.39. The third-order valence-corrected chi connectivity index (χ3v) is 15.7. The second-order valence-electron chi connectivity index (χ2n) is 21.1. The fourth-order valence-electron chi connectivity index (χ4n) is 11.2. The lowest BCUT2D eigenvalue weighted by Gasteiger charge is -2.43. The largest absolute Gasteiger partial charge is 0.461 e. The van der Waals surface area contributed by atoms with Gasteiger partial charge in [0.05, 0.1) is 24.4 Å². The van der Waals surface area contributed by atoms with Gasteiger partial charge in [-0.25, -0.2) is 4.79 Å². The molecule has 5 N–H and O–H groups in total. The summed E-state index contributed by atoms with van der Waals surface area (Å²) >= 11 is 0. The number of methoxy groups -OCH3 is 2. The minimum absolute atomic E-state index is 0.0388. The Bertz CT molecular complexity index is 2010. The van der Waals surface area contributed by atoms with Crippen molar-refractivity contribution >= 4 is 29.1 Å². The van der Waals surface area contributed by atoms with Crippen LogP contribution in [0.5, 0.6) is 0 Å². The number of rotatable bonds is 7. The molecule has 390 valence electrons. The number of likely N-dealkylation sites (N-methyl/N-ethyl adjacent to an activating group) is 1. The van der Waals surface area contributed by atoms with Crippen LogP contribution in [0.3, 0.4) is 0 Å². The predicted molar refractivity (Wildman–Crippen MR) is 271 cm³/mol. The summed E-state index contributed by atoms with van der Waals surface area (Å²) in [6.45, 7) is 11.5. The van der Waals surface area contributed by atoms with Crippen molar-refractivity contribution in [3.63, 3.8) is 0 Å². The first kappa shape index (κ1) is 56.9. The van der Waals surface area contributed by atoms with Crippen LogP contribution in [0.15, 0.2) is 77.9 Å². The maximum Gasteiger partial charge on any atom is 0.329 e. The molecule has 14 nitrogen and oxygen atoms in total. The zero-order valence-electron chi connectivity index (χ0n) is 43.4. The number of hydrogen-bond donors (Lipinski definition) is 4. The van der Waals surface area contributed by atoms with E-state index < -0.39 is 77.9 Å². The minimum atomic E-state index is -2.41. The number of fused-ring (bicyclic) bond motifs is 3. The van der Waals surface area contributed by atoms with Crippen molar-refractivity contribution in [2.45, 2.75) is 186 Å². The number of Topliss-reactive ketones (excluding diaryl/α,β-unsaturated/α-hetero) is 2. The number of carbonyl (C=O) groups is 4. The zero-order chi connectivity index (χ0) is 51.3. The number of nitrogens with zero attached hydrogens (tertiary/aromatic N) is 2. The van der Waals surface area contributed by atoms with Crippen LogP contribution >= 0.6 is 0 Å². The van der Waals surface area contributed by atoms with Crippen LogP contribution in [0, 0.1) is 29.6 Å². The molecule has 0 radical (unpaired) electrons. The van der Waals surface area contributed by atoms with Gasteiger partial charge in [0, 0.05) is 51.4 Å². The average Bonchev–Trinajstić information content (AvgIpc) is 3.35. The molecule has 1 saturated carbocycles. The molecule has 3 heterocycles. The molecule has 2 bridgehead atoms. The van der Waals surface area contributed by atoms with Crippen LogP contribution in [-0.2, 0) is 38.1 Å². The van der Waals surface area contributed by atoms with Crippen LogP contribution in [0.1, 0.15) is 125 Å². The number of esters is 1. The van der Waals surface area contributed by atoms with Crippen LogP contribution in [0.25, 0.3) is 0 Å². The van der Waals surface area contributed by atoms with Gasteiger partial charge in [-0.15, -0.1) is 0 Å². The first-order valence-corrected chi connectivity index (χ1v) is 25.9. The molecule has 1 aliphatic carbocycles. The van der Waals surface area contributed by atoms with Gasteiger partial charge in [-0.05, 0) is 133 Å². The van der Waals surface area contributed by atoms with Crippen molar-refractivity contribution in [2.24, 2.45) is 35.3 Å². The number of para-hydroxylation sites is 1. The van der Waals surface area contributed by atoms with Gasteiger partial charge in [0.25, 0.3) is 11.7 Å². The summed E-state index contributed by atoms with van der Waals surface area (Å²) in [5, 5.41) is 34.2. The van der Waals surface area contributed by atoms with E-state index in [1.807, 2.05) is 95.5 Å². The Morgan fingerprint density at radius 2 is 1.60 bits per heavy atom. The lowest BCUT2D eigenvalue weighted by Crippen LogP contribution is -2.61. The number of nitrogens with two attached hydrogens (primary N) is 1. The van der Waals surface area contributed by atoms with E-state index in [9.17, 15) is 34.5 Å². The van der Waals surface area contributed by atoms with Crippen molar-refractivity contribution in [3.8, 4) is 0 Å². The molecule has 3 fully saturated rings. The van der Waals surface area contributed by atoms with Crippen LogP contribution in [0.2, 0.25) is 0 Å². The van der Waals surface area contributed by atoms with E-state index in [2.05, 4.69) is 4.90 Å². The monoisotopic (exact) mass is 976 g/mol. The molecule has 0 spiro atoms. The Labute approximate surface area is 417 Å². The fraction of sp³-hybridized carbons (Fsp3) is 0.679. The maximum absolute atomic E-state index is 14.5. The number of carbonyl (C=O) groups excluding carboxylic acids is 4. The van der Waals surface area contributed by atoms with E-state index in [0.29, 0.717) is 76.2 Å². The highest BCUT2D eigenvalue weighted by Gasteiger charge is 2.53. The number of piperidine rings is 1. The number of aliphatic hydroxyl groups excluding tert-OH is 2. The molecule has 5 rings (SSSR count). The Kier molecular flexibility index (Phi) is 21.6. The molecule has 1 unspecified atom stereocenters. The molecule has 70 heavy (non-hydrogen) atoms. The van der Waals surface area contributed by atoms with Gasteiger partial charge in [0.15, 0.2) is 5.78 Å². The Morgan fingerprint density at radius 3 is 2.30 bits per heavy atom. The fourth-order valence-corrected chi connectivity index (χ4v) is 11.2. The van der Waals surface area contributed by atoms with E-state index in [0.717, 1.165) is 17.7 Å². The number of hydrogen-bond acceptors (Lipinski definition) is 13. The predicted octanol–water partition coefficient (Wildman–Crippen LogP) is 7.18. The van der Waals surface area contributed by atoms with E-state index in [-0.39, 0.29) is 48.6 Å². The summed E-state index contributed by atoms with van der Waals surface area (Å²) in [5.41, 5.74) is 9.18. The van der Waals surface area contributed by atoms with Crippen molar-refractivity contribution in [3.05, 3.63) is 77.9 Å². The van der Waals surface area contributed by atoms with Gasteiger partial charge in [-0.3, -0.25) is 14.4 Å². The Morgan fingerprint density at radius 1 is 0.871 bits per heavy atom. The molecule has 0 aromatic heterocycles. The number of benzene rings is 1. The normalized spacial score (nSPS) is 38.2. The number of cyclic esters (lactones) is 1. The molecule has 4 aliphatic rings. The van der Waals surface area contributed by atoms with Gasteiger partial charge >= 0.3 is 5.97 Å². The van der Waals surface area contributed by atoms with E-state index in [1.54, 1.807) is 27.0 Å². The summed E-state index contributed by atoms with van der Waals surface area (Å²) in [7, 11) is 5.02. The highest BCUT2D eigenvalue weighted by Crippen LogP contribution is 2.38. The first-order valence-electron chi connectivity index (χ1n) is 25.9. The third kappa shape index (κ3) is 14.8. The average molecular weight is 976 g/mol. The van der Waals surface area contributed by atoms with E-state index >= 15 is 0 Å². The summed E-state index contributed by atoms with van der Waals surface area (Å²) in [4.78, 5) is 60.7. The van der Waals surface area contributed by atoms with E-state index in [4.69, 9.17) is 24.7 Å². The lowest BCUT2D eigenvalue weighted by molar-refractivity contribution is -0.263. The van der Waals surface area contributed by atoms with Crippen LogP contribution < -0.4 is 10.6 Å². The zero-order valence-corrected chi connectivity index (χ0v) is 43.4.